The quantitative estimate of drug-likeness (QED) is 0.776. The van der Waals surface area contributed by atoms with E-state index < -0.39 is 0 Å². The van der Waals surface area contributed by atoms with Crippen molar-refractivity contribution in [2.45, 2.75) is 12.8 Å². The van der Waals surface area contributed by atoms with E-state index in [4.69, 9.17) is 17.3 Å². The molecule has 25 heavy (non-hydrogen) atoms. The van der Waals surface area contributed by atoms with Gasteiger partial charge in [-0.2, -0.15) is 0 Å². The monoisotopic (exact) mass is 356 g/mol. The molecule has 3 aromatic heterocycles. The Kier molecular flexibility index (Phi) is 4.01. The van der Waals surface area contributed by atoms with E-state index in [2.05, 4.69) is 19.9 Å². The van der Waals surface area contributed by atoms with Gasteiger partial charge in [0.2, 0.25) is 5.91 Å². The summed E-state index contributed by atoms with van der Waals surface area (Å²) in [4.78, 5) is 27.0. The molecule has 0 aliphatic carbocycles. The lowest BCUT2D eigenvalue weighted by Crippen LogP contribution is -2.41. The Bertz CT molecular complexity index is 940. The maximum absolute atomic E-state index is 11.5. The third-order valence-electron chi connectivity index (χ3n) is 4.49. The van der Waals surface area contributed by atoms with E-state index in [9.17, 15) is 4.79 Å². The van der Waals surface area contributed by atoms with Crippen LogP contribution in [0.4, 0.5) is 5.82 Å². The molecular formula is C17H17ClN6O. The highest BCUT2D eigenvalue weighted by Gasteiger charge is 2.25. The molecule has 1 amide bonds. The first-order valence-corrected chi connectivity index (χ1v) is 8.50. The summed E-state index contributed by atoms with van der Waals surface area (Å²) in [5.74, 6) is 0.957. The molecule has 7 nitrogen and oxygen atoms in total. The summed E-state index contributed by atoms with van der Waals surface area (Å²) in [5.41, 5.74) is 7.01. The summed E-state index contributed by atoms with van der Waals surface area (Å²) >= 11 is 6.09. The third-order valence-corrected chi connectivity index (χ3v) is 4.71. The van der Waals surface area contributed by atoms with E-state index in [1.165, 1.54) is 0 Å². The zero-order valence-electron chi connectivity index (χ0n) is 13.5. The second kappa shape index (κ2) is 6.33. The number of amides is 1. The molecule has 0 aromatic carbocycles. The molecule has 1 fully saturated rings. The lowest BCUT2D eigenvalue weighted by atomic mass is 9.97. The lowest BCUT2D eigenvalue weighted by Gasteiger charge is -2.32. The van der Waals surface area contributed by atoms with Gasteiger partial charge in [0.05, 0.1) is 17.1 Å². The summed E-state index contributed by atoms with van der Waals surface area (Å²) in [6, 6.07) is 5.49. The summed E-state index contributed by atoms with van der Waals surface area (Å²) < 4.78 is 1.86. The Hall–Kier alpha value is -2.67. The van der Waals surface area contributed by atoms with Crippen molar-refractivity contribution in [1.29, 1.82) is 0 Å². The van der Waals surface area contributed by atoms with E-state index in [0.29, 0.717) is 17.4 Å². The molecule has 0 radical (unpaired) electrons. The van der Waals surface area contributed by atoms with Crippen LogP contribution in [0.25, 0.3) is 17.2 Å². The second-order valence-electron chi connectivity index (χ2n) is 6.14. The Balaban J connectivity index is 1.69. The van der Waals surface area contributed by atoms with E-state index >= 15 is 0 Å². The van der Waals surface area contributed by atoms with Crippen molar-refractivity contribution in [3.05, 3.63) is 41.8 Å². The van der Waals surface area contributed by atoms with Crippen molar-refractivity contribution in [2.75, 3.05) is 18.0 Å². The standard InChI is InChI=1S/C17H17ClN6O/c18-12-3-4-14-21-8-13(24(14)10-12)17-20-6-5-15(22-17)23-7-1-2-11(9-23)16(19)25/h3-6,8,10-11H,1-2,7,9H2,(H2,19,25). The number of imidazole rings is 1. The third kappa shape index (κ3) is 3.02. The first-order valence-electron chi connectivity index (χ1n) is 8.12. The number of anilines is 1. The predicted molar refractivity (Wildman–Crippen MR) is 95.4 cm³/mol. The van der Waals surface area contributed by atoms with Gasteiger partial charge in [0.25, 0.3) is 0 Å². The molecular weight excluding hydrogens is 340 g/mol. The number of rotatable bonds is 3. The van der Waals surface area contributed by atoms with Gasteiger partial charge in [0.1, 0.15) is 17.2 Å². The first kappa shape index (κ1) is 15.8. The molecule has 3 aromatic rings. The Labute approximate surface area is 149 Å². The van der Waals surface area contributed by atoms with Crippen LogP contribution in [0, 0.1) is 5.92 Å². The van der Waals surface area contributed by atoms with Crippen LogP contribution >= 0.6 is 11.6 Å². The van der Waals surface area contributed by atoms with Crippen molar-refractivity contribution >= 4 is 29.0 Å². The van der Waals surface area contributed by atoms with E-state index in [-0.39, 0.29) is 11.8 Å². The topological polar surface area (TPSA) is 89.4 Å². The van der Waals surface area contributed by atoms with Crippen LogP contribution in [-0.4, -0.2) is 38.3 Å². The van der Waals surface area contributed by atoms with Crippen LogP contribution in [-0.2, 0) is 4.79 Å². The largest absolute Gasteiger partial charge is 0.369 e. The number of aromatic nitrogens is 4. The molecule has 8 heteroatoms. The molecule has 1 aliphatic rings. The zero-order valence-corrected chi connectivity index (χ0v) is 14.2. The number of hydrogen-bond acceptors (Lipinski definition) is 5. The van der Waals surface area contributed by atoms with Crippen LogP contribution in [0.3, 0.4) is 0 Å². The van der Waals surface area contributed by atoms with Gasteiger partial charge in [-0.25, -0.2) is 15.0 Å². The van der Waals surface area contributed by atoms with Crippen molar-refractivity contribution in [3.63, 3.8) is 0 Å². The number of pyridine rings is 1. The number of primary amides is 1. The van der Waals surface area contributed by atoms with Gasteiger partial charge in [-0.05, 0) is 31.0 Å². The van der Waals surface area contributed by atoms with Gasteiger partial charge < -0.3 is 10.6 Å². The molecule has 4 heterocycles. The molecule has 128 valence electrons. The number of carbonyl (C=O) groups excluding carboxylic acids is 1. The maximum Gasteiger partial charge on any atom is 0.222 e. The van der Waals surface area contributed by atoms with Gasteiger partial charge >= 0.3 is 0 Å². The minimum atomic E-state index is -0.254. The van der Waals surface area contributed by atoms with E-state index in [1.807, 2.05) is 16.5 Å². The summed E-state index contributed by atoms with van der Waals surface area (Å²) in [6.45, 7) is 1.43. The number of hydrogen-bond donors (Lipinski definition) is 1. The molecule has 1 atom stereocenters. The van der Waals surface area contributed by atoms with E-state index in [0.717, 1.165) is 36.5 Å². The minimum Gasteiger partial charge on any atom is -0.369 e. The predicted octanol–water partition coefficient (Wildman–Crippen LogP) is 2.15. The molecule has 1 unspecified atom stereocenters. The van der Waals surface area contributed by atoms with Crippen LogP contribution < -0.4 is 10.6 Å². The fraction of sp³-hybridized carbons (Fsp3) is 0.294. The molecule has 4 rings (SSSR count). The maximum atomic E-state index is 11.5. The van der Waals surface area contributed by atoms with Gasteiger partial charge in [0.15, 0.2) is 5.82 Å². The molecule has 0 bridgehead atoms. The smallest absolute Gasteiger partial charge is 0.222 e. The van der Waals surface area contributed by atoms with Gasteiger partial charge in [-0.1, -0.05) is 11.6 Å². The lowest BCUT2D eigenvalue weighted by molar-refractivity contribution is -0.122. The normalized spacial score (nSPS) is 17.8. The van der Waals surface area contributed by atoms with Crippen LogP contribution in [0.15, 0.2) is 36.8 Å². The average molecular weight is 357 g/mol. The molecule has 2 N–H and O–H groups in total. The highest BCUT2D eigenvalue weighted by atomic mass is 35.5. The fourth-order valence-electron chi connectivity index (χ4n) is 3.19. The Morgan fingerprint density at radius 1 is 1.28 bits per heavy atom. The van der Waals surface area contributed by atoms with E-state index in [1.54, 1.807) is 24.7 Å². The van der Waals surface area contributed by atoms with Crippen molar-refractivity contribution in [3.8, 4) is 11.5 Å². The number of halogens is 1. The van der Waals surface area contributed by atoms with Crippen molar-refractivity contribution in [1.82, 2.24) is 19.4 Å². The second-order valence-corrected chi connectivity index (χ2v) is 6.58. The highest BCUT2D eigenvalue weighted by molar-refractivity contribution is 6.30. The number of nitrogens with two attached hydrogens (primary N) is 1. The van der Waals surface area contributed by atoms with Gasteiger partial charge in [-0.15, -0.1) is 0 Å². The summed E-state index contributed by atoms with van der Waals surface area (Å²) in [5, 5.41) is 0.614. The fourth-order valence-corrected chi connectivity index (χ4v) is 3.35. The SMILES string of the molecule is NC(=O)C1CCCN(c2ccnc(-c3cnc4ccc(Cl)cn34)n2)C1. The highest BCUT2D eigenvalue weighted by Crippen LogP contribution is 2.24. The average Bonchev–Trinajstić information content (AvgIpc) is 3.05. The zero-order chi connectivity index (χ0) is 17.4. The van der Waals surface area contributed by atoms with Crippen LogP contribution in [0.5, 0.6) is 0 Å². The molecule has 0 saturated carbocycles. The minimum absolute atomic E-state index is 0.137. The Morgan fingerprint density at radius 2 is 2.16 bits per heavy atom. The van der Waals surface area contributed by atoms with Crippen LogP contribution in [0.2, 0.25) is 5.02 Å². The number of carbonyl (C=O) groups is 1. The van der Waals surface area contributed by atoms with Crippen LogP contribution in [0.1, 0.15) is 12.8 Å². The van der Waals surface area contributed by atoms with Gasteiger partial charge in [0, 0.05) is 25.5 Å². The number of piperidine rings is 1. The number of nitrogens with zero attached hydrogens (tertiary/aromatic N) is 5. The molecule has 1 aliphatic heterocycles. The first-order chi connectivity index (χ1) is 12.1. The summed E-state index contributed by atoms with van der Waals surface area (Å²) in [6.07, 6.45) is 6.98. The van der Waals surface area contributed by atoms with Gasteiger partial charge in [-0.3, -0.25) is 9.20 Å². The van der Waals surface area contributed by atoms with Crippen molar-refractivity contribution in [2.24, 2.45) is 11.7 Å². The summed E-state index contributed by atoms with van der Waals surface area (Å²) in [7, 11) is 0. The Morgan fingerprint density at radius 3 is 3.00 bits per heavy atom. The molecule has 1 saturated heterocycles. The number of fused-ring (bicyclic) bond motifs is 1. The molecule has 0 spiro atoms. The van der Waals surface area contributed by atoms with Crippen molar-refractivity contribution < 1.29 is 4.79 Å².